The van der Waals surface area contributed by atoms with Gasteiger partial charge in [-0.15, -0.1) is 0 Å². The van der Waals surface area contributed by atoms with Gasteiger partial charge in [0.1, 0.15) is 11.5 Å². The molecule has 2 aromatic carbocycles. The maximum absolute atomic E-state index is 13.5. The van der Waals surface area contributed by atoms with E-state index in [9.17, 15) is 14.4 Å². The van der Waals surface area contributed by atoms with E-state index in [1.165, 1.54) is 19.1 Å². The molecule has 1 atom stereocenters. The van der Waals surface area contributed by atoms with Gasteiger partial charge in [-0.25, -0.2) is 14.5 Å². The average Bonchev–Trinajstić information content (AvgIpc) is 3.13. The number of methoxy groups -OCH3 is 2. The van der Waals surface area contributed by atoms with Crippen molar-refractivity contribution in [2.45, 2.75) is 12.6 Å². The summed E-state index contributed by atoms with van der Waals surface area (Å²) in [5, 5.41) is 0. The minimum absolute atomic E-state index is 0.168. The lowest BCUT2D eigenvalue weighted by molar-refractivity contribution is -0.147. The van der Waals surface area contributed by atoms with Gasteiger partial charge in [0.2, 0.25) is 0 Å². The highest BCUT2D eigenvalue weighted by Crippen LogP contribution is 2.47. The number of likely N-dealkylation sites (N-methyl/N-ethyl adjacent to an activating group) is 1. The molecule has 144 valence electrons. The largest absolute Gasteiger partial charge is 0.497 e. The molecule has 3 amide bonds. The van der Waals surface area contributed by atoms with Crippen molar-refractivity contribution in [2.75, 3.05) is 25.7 Å². The van der Waals surface area contributed by atoms with Crippen molar-refractivity contribution in [3.05, 3.63) is 53.6 Å². The molecule has 0 bridgehead atoms. The Morgan fingerprint density at radius 3 is 2.46 bits per heavy atom. The van der Waals surface area contributed by atoms with Gasteiger partial charge in [0.05, 0.1) is 25.5 Å². The zero-order chi connectivity index (χ0) is 20.1. The molecule has 0 N–H and O–H groups in total. The van der Waals surface area contributed by atoms with Crippen molar-refractivity contribution in [3.8, 4) is 11.5 Å². The van der Waals surface area contributed by atoms with Crippen LogP contribution in [0.3, 0.4) is 0 Å². The highest BCUT2D eigenvalue weighted by molar-refractivity contribution is 6.25. The third-order valence-corrected chi connectivity index (χ3v) is 4.99. The second-order valence-corrected chi connectivity index (χ2v) is 6.28. The van der Waals surface area contributed by atoms with Crippen molar-refractivity contribution in [3.63, 3.8) is 0 Å². The van der Waals surface area contributed by atoms with E-state index in [1.807, 2.05) is 0 Å². The number of hydrogen-bond acceptors (Lipinski definition) is 6. The molecule has 8 nitrogen and oxygen atoms in total. The highest BCUT2D eigenvalue weighted by atomic mass is 16.6. The van der Waals surface area contributed by atoms with Gasteiger partial charge in [0.25, 0.3) is 5.72 Å². The molecule has 28 heavy (non-hydrogen) atoms. The summed E-state index contributed by atoms with van der Waals surface area (Å²) in [4.78, 5) is 41.4. The summed E-state index contributed by atoms with van der Waals surface area (Å²) < 4.78 is 16.1. The van der Waals surface area contributed by atoms with Gasteiger partial charge in [-0.2, -0.15) is 0 Å². The number of anilines is 1. The molecule has 1 fully saturated rings. The van der Waals surface area contributed by atoms with E-state index in [4.69, 9.17) is 14.2 Å². The maximum Gasteiger partial charge on any atom is 0.341 e. The Balaban J connectivity index is 1.90. The van der Waals surface area contributed by atoms with Crippen LogP contribution in [0, 0.1) is 0 Å². The number of fused-ring (bicyclic) bond motifs is 2. The molecule has 8 heteroatoms. The van der Waals surface area contributed by atoms with Gasteiger partial charge >= 0.3 is 17.9 Å². The molecule has 2 aliphatic heterocycles. The van der Waals surface area contributed by atoms with Crippen LogP contribution in [0.25, 0.3) is 0 Å². The van der Waals surface area contributed by atoms with Crippen LogP contribution in [0.1, 0.15) is 22.8 Å². The minimum Gasteiger partial charge on any atom is -0.497 e. The molecular weight excluding hydrogens is 364 g/mol. The number of hydrogen-bond donors (Lipinski definition) is 0. The monoisotopic (exact) mass is 382 g/mol. The predicted molar refractivity (Wildman–Crippen MR) is 98.3 cm³/mol. The summed E-state index contributed by atoms with van der Waals surface area (Å²) >= 11 is 0. The fourth-order valence-electron chi connectivity index (χ4n) is 3.71. The summed E-state index contributed by atoms with van der Waals surface area (Å²) in [5.41, 5.74) is -0.945. The number of carbonyl (C=O) groups is 3. The van der Waals surface area contributed by atoms with Crippen LogP contribution in [0.5, 0.6) is 11.5 Å². The van der Waals surface area contributed by atoms with E-state index in [2.05, 4.69) is 0 Å². The Bertz CT molecular complexity index is 1000. The van der Waals surface area contributed by atoms with Crippen molar-refractivity contribution in [1.29, 1.82) is 0 Å². The Hall–Kier alpha value is -3.55. The van der Waals surface area contributed by atoms with Crippen molar-refractivity contribution < 1.29 is 28.6 Å². The molecule has 1 spiro atoms. The lowest BCUT2D eigenvalue weighted by atomic mass is 9.98. The molecule has 1 saturated heterocycles. The number of amides is 3. The summed E-state index contributed by atoms with van der Waals surface area (Å²) in [6.07, 6.45) is 0. The second-order valence-electron chi connectivity index (χ2n) is 6.28. The molecule has 1 unspecified atom stereocenters. The van der Waals surface area contributed by atoms with Gasteiger partial charge in [-0.05, 0) is 25.1 Å². The first kappa shape index (κ1) is 17.8. The van der Waals surface area contributed by atoms with E-state index in [-0.39, 0.29) is 23.5 Å². The Morgan fingerprint density at radius 2 is 1.79 bits per heavy atom. The van der Waals surface area contributed by atoms with Gasteiger partial charge in [-0.1, -0.05) is 18.2 Å². The fourth-order valence-corrected chi connectivity index (χ4v) is 3.71. The van der Waals surface area contributed by atoms with E-state index in [1.54, 1.807) is 49.4 Å². The molecule has 4 rings (SSSR count). The van der Waals surface area contributed by atoms with Crippen molar-refractivity contribution in [1.82, 2.24) is 4.90 Å². The van der Waals surface area contributed by atoms with Crippen LogP contribution in [0.15, 0.2) is 42.5 Å². The summed E-state index contributed by atoms with van der Waals surface area (Å²) in [5.74, 6) is -0.508. The van der Waals surface area contributed by atoms with Gasteiger partial charge < -0.3 is 14.2 Å². The molecule has 0 radical (unpaired) electrons. The Morgan fingerprint density at radius 1 is 1.04 bits per heavy atom. The van der Waals surface area contributed by atoms with Gasteiger partial charge in [0.15, 0.2) is 0 Å². The molecule has 0 saturated carbocycles. The van der Waals surface area contributed by atoms with E-state index in [0.29, 0.717) is 11.3 Å². The Labute approximate surface area is 161 Å². The number of imide groups is 1. The number of urea groups is 1. The second kappa shape index (κ2) is 6.26. The standard InChI is InChI=1S/C20H18N2O6/c1-4-21-19(25)22(15-10-9-12(26-2)11-16(15)27-3)18(24)20(21)14-8-6-5-7-13(14)17(23)28-20/h5-11H,4H2,1-3H3. The quantitative estimate of drug-likeness (QED) is 0.597. The van der Waals surface area contributed by atoms with Crippen LogP contribution in [0.4, 0.5) is 10.5 Å². The highest BCUT2D eigenvalue weighted by Gasteiger charge is 2.65. The Kier molecular flexibility index (Phi) is 3.99. The fraction of sp³-hybridized carbons (Fsp3) is 0.250. The van der Waals surface area contributed by atoms with Crippen LogP contribution in [-0.4, -0.2) is 43.6 Å². The molecule has 2 aromatic rings. The maximum atomic E-state index is 13.5. The molecule has 2 aliphatic rings. The van der Waals surface area contributed by atoms with Crippen molar-refractivity contribution in [2.24, 2.45) is 0 Å². The van der Waals surface area contributed by atoms with E-state index in [0.717, 1.165) is 4.90 Å². The zero-order valence-electron chi connectivity index (χ0n) is 15.6. The third-order valence-electron chi connectivity index (χ3n) is 4.99. The first-order valence-electron chi connectivity index (χ1n) is 8.70. The van der Waals surface area contributed by atoms with Crippen LogP contribution in [0.2, 0.25) is 0 Å². The molecular formula is C20H18N2O6. The minimum atomic E-state index is -1.82. The first-order chi connectivity index (χ1) is 13.5. The number of rotatable bonds is 4. The topological polar surface area (TPSA) is 85.4 Å². The van der Waals surface area contributed by atoms with Crippen LogP contribution >= 0.6 is 0 Å². The van der Waals surface area contributed by atoms with Gasteiger partial charge in [0, 0.05) is 18.2 Å². The summed E-state index contributed by atoms with van der Waals surface area (Å²) in [7, 11) is 2.94. The number of ether oxygens (including phenoxy) is 3. The lowest BCUT2D eigenvalue weighted by Crippen LogP contribution is -2.47. The lowest BCUT2D eigenvalue weighted by Gasteiger charge is -2.29. The summed E-state index contributed by atoms with van der Waals surface area (Å²) in [6.45, 7) is 1.89. The van der Waals surface area contributed by atoms with E-state index < -0.39 is 23.6 Å². The predicted octanol–water partition coefficient (Wildman–Crippen LogP) is 2.52. The number of esters is 1. The van der Waals surface area contributed by atoms with E-state index >= 15 is 0 Å². The first-order valence-corrected chi connectivity index (χ1v) is 8.70. The van der Waals surface area contributed by atoms with Gasteiger partial charge in [-0.3, -0.25) is 9.69 Å². The zero-order valence-corrected chi connectivity index (χ0v) is 15.6. The third kappa shape index (κ3) is 2.14. The SMILES string of the molecule is CCN1C(=O)N(c2ccc(OC)cc2OC)C(=O)C12OC(=O)c1ccccc12. The van der Waals surface area contributed by atoms with Crippen LogP contribution in [-0.2, 0) is 15.3 Å². The van der Waals surface area contributed by atoms with Crippen LogP contribution < -0.4 is 14.4 Å². The number of benzene rings is 2. The normalized spacial score (nSPS) is 20.6. The molecule has 2 heterocycles. The summed E-state index contributed by atoms with van der Waals surface area (Å²) in [6, 6.07) is 10.7. The van der Waals surface area contributed by atoms with Crippen molar-refractivity contribution >= 4 is 23.6 Å². The number of carbonyl (C=O) groups excluding carboxylic acids is 3. The molecule has 0 aliphatic carbocycles. The molecule has 0 aromatic heterocycles. The smallest absolute Gasteiger partial charge is 0.341 e. The average molecular weight is 382 g/mol. The number of nitrogens with zero attached hydrogens (tertiary/aromatic N) is 2.